The number of nitrogens with zero attached hydrogens (tertiary/aromatic N) is 2. The summed E-state index contributed by atoms with van der Waals surface area (Å²) in [6, 6.07) is 4.97. The molecule has 0 bridgehead atoms. The zero-order chi connectivity index (χ0) is 12.7. The number of nitrogens with two attached hydrogens (primary N) is 1. The van der Waals surface area contributed by atoms with Crippen LogP contribution >= 0.6 is 11.8 Å². The summed E-state index contributed by atoms with van der Waals surface area (Å²) >= 11 is 1.89. The molecule has 0 spiro atoms. The zero-order valence-corrected chi connectivity index (χ0v) is 11.8. The molecule has 0 aliphatic carbocycles. The van der Waals surface area contributed by atoms with Crippen molar-refractivity contribution in [3.8, 4) is 0 Å². The second-order valence-corrected chi connectivity index (χ2v) is 5.13. The Bertz CT molecular complexity index is 305. The Morgan fingerprint density at radius 3 is 2.53 bits per heavy atom. The Morgan fingerprint density at radius 2 is 2.06 bits per heavy atom. The van der Waals surface area contributed by atoms with Crippen LogP contribution in [0.25, 0.3) is 0 Å². The summed E-state index contributed by atoms with van der Waals surface area (Å²) in [7, 11) is 2.17. The fourth-order valence-corrected chi connectivity index (χ4v) is 2.95. The Kier molecular flexibility index (Phi) is 6.55. The quantitative estimate of drug-likeness (QED) is 0.808. The molecule has 1 aromatic heterocycles. The van der Waals surface area contributed by atoms with Crippen LogP contribution in [-0.2, 0) is 0 Å². The van der Waals surface area contributed by atoms with Crippen molar-refractivity contribution in [2.24, 2.45) is 5.73 Å². The van der Waals surface area contributed by atoms with Crippen molar-refractivity contribution in [1.82, 2.24) is 9.88 Å². The van der Waals surface area contributed by atoms with Crippen LogP contribution in [0.5, 0.6) is 0 Å². The van der Waals surface area contributed by atoms with Crippen molar-refractivity contribution in [2.45, 2.75) is 25.4 Å². The first kappa shape index (κ1) is 14.5. The molecule has 0 aliphatic rings. The molecule has 0 aliphatic heterocycles. The van der Waals surface area contributed by atoms with E-state index in [1.165, 1.54) is 5.56 Å². The Labute approximate surface area is 109 Å². The lowest BCUT2D eigenvalue weighted by Gasteiger charge is -2.34. The average Bonchev–Trinajstić information content (AvgIpc) is 2.38. The van der Waals surface area contributed by atoms with Crippen LogP contribution in [0.1, 0.15) is 24.9 Å². The zero-order valence-electron chi connectivity index (χ0n) is 11.0. The summed E-state index contributed by atoms with van der Waals surface area (Å²) in [5, 5.41) is 0. The van der Waals surface area contributed by atoms with E-state index in [0.717, 1.165) is 12.2 Å². The van der Waals surface area contributed by atoms with Gasteiger partial charge in [0, 0.05) is 36.8 Å². The predicted molar refractivity (Wildman–Crippen MR) is 76.3 cm³/mol. The fourth-order valence-electron chi connectivity index (χ4n) is 2.09. The van der Waals surface area contributed by atoms with Crippen molar-refractivity contribution >= 4 is 11.8 Å². The van der Waals surface area contributed by atoms with Gasteiger partial charge in [0.15, 0.2) is 0 Å². The molecule has 0 aromatic carbocycles. The molecule has 0 saturated heterocycles. The molecule has 96 valence electrons. The molecule has 2 unspecified atom stereocenters. The van der Waals surface area contributed by atoms with E-state index in [1.54, 1.807) is 0 Å². The third kappa shape index (κ3) is 3.98. The van der Waals surface area contributed by atoms with Gasteiger partial charge in [-0.05, 0) is 37.4 Å². The number of aromatic nitrogens is 1. The van der Waals surface area contributed by atoms with Gasteiger partial charge in [0.1, 0.15) is 0 Å². The molecule has 0 fully saturated rings. The molecular formula is C13H23N3S. The molecule has 2 atom stereocenters. The maximum Gasteiger partial charge on any atom is 0.0471 e. The van der Waals surface area contributed by atoms with Crippen molar-refractivity contribution in [3.05, 3.63) is 30.1 Å². The summed E-state index contributed by atoms with van der Waals surface area (Å²) < 4.78 is 0. The van der Waals surface area contributed by atoms with Crippen LogP contribution in [0, 0.1) is 0 Å². The van der Waals surface area contributed by atoms with E-state index in [0.29, 0.717) is 12.6 Å². The molecule has 1 rings (SSSR count). The first-order chi connectivity index (χ1) is 8.24. The topological polar surface area (TPSA) is 42.1 Å². The van der Waals surface area contributed by atoms with Gasteiger partial charge in [-0.15, -0.1) is 0 Å². The Hall–Kier alpha value is -0.580. The number of hydrogen-bond donors (Lipinski definition) is 1. The lowest BCUT2D eigenvalue weighted by Crippen LogP contribution is -2.39. The number of rotatable bonds is 7. The van der Waals surface area contributed by atoms with Crippen LogP contribution in [0.3, 0.4) is 0 Å². The lowest BCUT2D eigenvalue weighted by atomic mass is 10.0. The van der Waals surface area contributed by atoms with Crippen molar-refractivity contribution < 1.29 is 0 Å². The van der Waals surface area contributed by atoms with E-state index in [-0.39, 0.29) is 6.04 Å². The largest absolute Gasteiger partial charge is 0.329 e. The first-order valence-electron chi connectivity index (χ1n) is 6.05. The van der Waals surface area contributed by atoms with E-state index in [4.69, 9.17) is 5.73 Å². The monoisotopic (exact) mass is 253 g/mol. The van der Waals surface area contributed by atoms with Crippen LogP contribution in [0.4, 0.5) is 0 Å². The molecular weight excluding hydrogens is 230 g/mol. The lowest BCUT2D eigenvalue weighted by molar-refractivity contribution is 0.188. The normalized spacial score (nSPS) is 14.9. The second kappa shape index (κ2) is 7.69. The van der Waals surface area contributed by atoms with Crippen LogP contribution < -0.4 is 5.73 Å². The minimum Gasteiger partial charge on any atom is -0.329 e. The van der Waals surface area contributed by atoms with Gasteiger partial charge in [-0.25, -0.2) is 0 Å². The van der Waals surface area contributed by atoms with Gasteiger partial charge in [0.2, 0.25) is 0 Å². The van der Waals surface area contributed by atoms with Crippen LogP contribution in [0.2, 0.25) is 0 Å². The van der Waals surface area contributed by atoms with E-state index < -0.39 is 0 Å². The highest BCUT2D eigenvalue weighted by Crippen LogP contribution is 2.22. The minimum absolute atomic E-state index is 0.287. The third-order valence-corrected chi connectivity index (χ3v) is 3.93. The molecule has 3 nitrogen and oxygen atoms in total. The number of likely N-dealkylation sites (N-methyl/N-ethyl adjacent to an activating group) is 1. The Balaban J connectivity index is 2.79. The van der Waals surface area contributed by atoms with E-state index >= 15 is 0 Å². The summed E-state index contributed by atoms with van der Waals surface area (Å²) in [5.41, 5.74) is 7.18. The molecule has 1 aromatic rings. The maximum absolute atomic E-state index is 5.93. The molecule has 1 heterocycles. The van der Waals surface area contributed by atoms with Gasteiger partial charge in [-0.3, -0.25) is 9.88 Å². The summed E-state index contributed by atoms with van der Waals surface area (Å²) in [6.45, 7) is 2.88. The van der Waals surface area contributed by atoms with Crippen molar-refractivity contribution in [2.75, 3.05) is 25.6 Å². The maximum atomic E-state index is 5.93. The van der Waals surface area contributed by atoms with Crippen LogP contribution in [-0.4, -0.2) is 41.5 Å². The third-order valence-electron chi connectivity index (χ3n) is 3.21. The SMILES string of the molecule is CCC(CSC)N(C)C(CN)c1ccncc1. The highest BCUT2D eigenvalue weighted by atomic mass is 32.2. The second-order valence-electron chi connectivity index (χ2n) is 4.21. The first-order valence-corrected chi connectivity index (χ1v) is 7.44. The molecule has 2 N–H and O–H groups in total. The van der Waals surface area contributed by atoms with Crippen molar-refractivity contribution in [1.29, 1.82) is 0 Å². The van der Waals surface area contributed by atoms with E-state index in [2.05, 4.69) is 42.2 Å². The highest BCUT2D eigenvalue weighted by molar-refractivity contribution is 7.98. The van der Waals surface area contributed by atoms with Gasteiger partial charge in [0.25, 0.3) is 0 Å². The van der Waals surface area contributed by atoms with Gasteiger partial charge < -0.3 is 5.73 Å². The predicted octanol–water partition coefficient (Wildman–Crippen LogP) is 2.15. The van der Waals surface area contributed by atoms with E-state index in [9.17, 15) is 0 Å². The molecule has 17 heavy (non-hydrogen) atoms. The van der Waals surface area contributed by atoms with Crippen molar-refractivity contribution in [3.63, 3.8) is 0 Å². The molecule has 0 saturated carbocycles. The van der Waals surface area contributed by atoms with Gasteiger partial charge in [0.05, 0.1) is 0 Å². The standard InChI is InChI=1S/C13H23N3S/c1-4-12(10-17-3)16(2)13(9-14)11-5-7-15-8-6-11/h5-8,12-13H,4,9-10,14H2,1-3H3. The smallest absolute Gasteiger partial charge is 0.0471 e. The fraction of sp³-hybridized carbons (Fsp3) is 0.615. The molecule has 4 heteroatoms. The Morgan fingerprint density at radius 1 is 1.41 bits per heavy atom. The number of pyridine rings is 1. The minimum atomic E-state index is 0.287. The molecule has 0 radical (unpaired) electrons. The van der Waals surface area contributed by atoms with E-state index in [1.807, 2.05) is 24.2 Å². The highest BCUT2D eigenvalue weighted by Gasteiger charge is 2.21. The summed E-state index contributed by atoms with van der Waals surface area (Å²) in [4.78, 5) is 6.45. The van der Waals surface area contributed by atoms with Crippen LogP contribution in [0.15, 0.2) is 24.5 Å². The number of hydrogen-bond acceptors (Lipinski definition) is 4. The van der Waals surface area contributed by atoms with Gasteiger partial charge in [-0.2, -0.15) is 11.8 Å². The van der Waals surface area contributed by atoms with Gasteiger partial charge >= 0.3 is 0 Å². The summed E-state index contributed by atoms with van der Waals surface area (Å²) in [6.07, 6.45) is 6.97. The number of thioether (sulfide) groups is 1. The van der Waals surface area contributed by atoms with Gasteiger partial charge in [-0.1, -0.05) is 6.92 Å². The molecule has 0 amide bonds. The average molecular weight is 253 g/mol. The summed E-state index contributed by atoms with van der Waals surface area (Å²) in [5.74, 6) is 1.15.